The molecule has 1 amide bonds. The minimum Gasteiger partial charge on any atom is -0.495 e. The first kappa shape index (κ1) is 26.0. The van der Waals surface area contributed by atoms with Crippen LogP contribution in [-0.4, -0.2) is 42.6 Å². The molecule has 0 spiro atoms. The molecule has 8 heteroatoms. The summed E-state index contributed by atoms with van der Waals surface area (Å²) in [7, 11) is 1.54. The largest absolute Gasteiger partial charge is 0.495 e. The fourth-order valence-electron chi connectivity index (χ4n) is 5.82. The number of anilines is 1. The summed E-state index contributed by atoms with van der Waals surface area (Å²) in [6.45, 7) is 2.56. The number of carbonyl (C=O) groups excluding carboxylic acids is 3. The number of allylic oxidation sites excluding steroid dienone is 4. The van der Waals surface area contributed by atoms with Crippen LogP contribution in [0.5, 0.6) is 11.5 Å². The molecule has 1 aliphatic heterocycles. The number of amides is 1. The molecule has 2 aromatic carbocycles. The van der Waals surface area contributed by atoms with E-state index in [-0.39, 0.29) is 24.1 Å². The number of ether oxygens (including phenoxy) is 2. The molecule has 7 nitrogen and oxygen atoms in total. The van der Waals surface area contributed by atoms with Gasteiger partial charge in [-0.05, 0) is 62.4 Å². The highest BCUT2D eigenvalue weighted by molar-refractivity contribution is 6.32. The molecule has 0 unspecified atom stereocenters. The molecule has 38 heavy (non-hydrogen) atoms. The van der Waals surface area contributed by atoms with E-state index in [1.54, 1.807) is 30.3 Å². The molecule has 0 saturated heterocycles. The van der Waals surface area contributed by atoms with Gasteiger partial charge in [-0.2, -0.15) is 0 Å². The zero-order valence-corrected chi connectivity index (χ0v) is 22.4. The third-order valence-corrected chi connectivity index (χ3v) is 7.73. The second kappa shape index (κ2) is 11.0. The van der Waals surface area contributed by atoms with E-state index in [2.05, 4.69) is 17.1 Å². The Balaban J connectivity index is 1.41. The van der Waals surface area contributed by atoms with Gasteiger partial charge < -0.3 is 19.7 Å². The number of hydrogen-bond acceptors (Lipinski definition) is 6. The number of methoxy groups -OCH3 is 1. The lowest BCUT2D eigenvalue weighted by Crippen LogP contribution is -2.39. The van der Waals surface area contributed by atoms with E-state index in [9.17, 15) is 14.4 Å². The van der Waals surface area contributed by atoms with Crippen molar-refractivity contribution in [3.05, 3.63) is 75.6 Å². The molecule has 5 rings (SSSR count). The van der Waals surface area contributed by atoms with E-state index in [0.717, 1.165) is 60.3 Å². The van der Waals surface area contributed by atoms with Crippen molar-refractivity contribution < 1.29 is 23.9 Å². The van der Waals surface area contributed by atoms with Gasteiger partial charge in [-0.3, -0.25) is 14.4 Å². The van der Waals surface area contributed by atoms with Crippen molar-refractivity contribution >= 4 is 34.8 Å². The van der Waals surface area contributed by atoms with Crippen molar-refractivity contribution in [1.29, 1.82) is 0 Å². The van der Waals surface area contributed by atoms with E-state index < -0.39 is 5.92 Å². The molecule has 3 aliphatic rings. The topological polar surface area (TPSA) is 84.9 Å². The first-order valence-corrected chi connectivity index (χ1v) is 13.5. The highest BCUT2D eigenvalue weighted by Gasteiger charge is 2.42. The Labute approximate surface area is 227 Å². The first-order chi connectivity index (χ1) is 18.4. The summed E-state index contributed by atoms with van der Waals surface area (Å²) in [6.07, 6.45) is 4.27. The van der Waals surface area contributed by atoms with Crippen molar-refractivity contribution in [3.63, 3.8) is 0 Å². The summed E-state index contributed by atoms with van der Waals surface area (Å²) in [6, 6.07) is 12.4. The van der Waals surface area contributed by atoms with E-state index in [0.29, 0.717) is 35.1 Å². The Morgan fingerprint density at radius 2 is 1.63 bits per heavy atom. The van der Waals surface area contributed by atoms with Crippen LogP contribution in [0.15, 0.2) is 65.0 Å². The maximum absolute atomic E-state index is 13.3. The Kier molecular flexibility index (Phi) is 7.56. The molecule has 1 heterocycles. The summed E-state index contributed by atoms with van der Waals surface area (Å²) in [5.74, 6) is 0.322. The molecule has 2 aliphatic carbocycles. The van der Waals surface area contributed by atoms with Crippen LogP contribution in [0.4, 0.5) is 5.69 Å². The lowest BCUT2D eigenvalue weighted by atomic mass is 9.71. The predicted molar refractivity (Wildman–Crippen MR) is 145 cm³/mol. The number of hydrogen-bond donors (Lipinski definition) is 1. The van der Waals surface area contributed by atoms with Gasteiger partial charge in [0.25, 0.3) is 5.91 Å². The Morgan fingerprint density at radius 1 is 0.974 bits per heavy atom. The number of ketones is 2. The van der Waals surface area contributed by atoms with Gasteiger partial charge in [-0.15, -0.1) is 0 Å². The minimum absolute atomic E-state index is 0.101. The van der Waals surface area contributed by atoms with Gasteiger partial charge in [-0.1, -0.05) is 29.8 Å². The number of halogens is 1. The summed E-state index contributed by atoms with van der Waals surface area (Å²) in [5.41, 5.74) is 4.90. The van der Waals surface area contributed by atoms with Crippen molar-refractivity contribution in [2.24, 2.45) is 0 Å². The molecule has 0 atom stereocenters. The van der Waals surface area contributed by atoms with Crippen molar-refractivity contribution in [2.75, 3.05) is 25.6 Å². The SMILES string of the molecule is CCN1C2=C(C(=O)CCC2)C(c2ccc(OCC(=O)Nc3ccccc3OC)c(Cl)c2)C2=C1CCCC2=O. The van der Waals surface area contributed by atoms with Gasteiger partial charge in [0, 0.05) is 47.8 Å². The van der Waals surface area contributed by atoms with Crippen LogP contribution in [0.2, 0.25) is 5.02 Å². The van der Waals surface area contributed by atoms with Gasteiger partial charge in [0.15, 0.2) is 18.2 Å². The number of Topliss-reactive ketones (excluding diaryl/α,β-unsaturated/α-hetero) is 2. The zero-order valence-electron chi connectivity index (χ0n) is 21.6. The van der Waals surface area contributed by atoms with Crippen LogP contribution in [0.25, 0.3) is 0 Å². The fourth-order valence-corrected chi connectivity index (χ4v) is 6.07. The van der Waals surface area contributed by atoms with Crippen LogP contribution in [0.1, 0.15) is 56.9 Å². The third-order valence-electron chi connectivity index (χ3n) is 7.43. The van der Waals surface area contributed by atoms with Gasteiger partial charge >= 0.3 is 0 Å². The van der Waals surface area contributed by atoms with Gasteiger partial charge in [0.1, 0.15) is 11.5 Å². The number of nitrogens with one attached hydrogen (secondary N) is 1. The van der Waals surface area contributed by atoms with Crippen LogP contribution in [0.3, 0.4) is 0 Å². The van der Waals surface area contributed by atoms with Crippen LogP contribution < -0.4 is 14.8 Å². The van der Waals surface area contributed by atoms with E-state index in [4.69, 9.17) is 21.1 Å². The molecule has 0 saturated carbocycles. The fraction of sp³-hybridized carbons (Fsp3) is 0.367. The van der Waals surface area contributed by atoms with E-state index in [1.807, 2.05) is 12.1 Å². The standard InChI is InChI=1S/C30H31ClN2O5/c1-3-33-21-9-6-11-23(34)29(21)28(30-22(33)10-7-12-24(30)35)18-14-15-25(19(31)16-18)38-17-27(36)32-20-8-4-5-13-26(20)37-2/h4-5,8,13-16,28H,3,6-7,9-12,17H2,1-2H3,(H,32,36). The summed E-state index contributed by atoms with van der Waals surface area (Å²) in [5, 5.41) is 3.09. The van der Waals surface area contributed by atoms with Gasteiger partial charge in [0.2, 0.25) is 0 Å². The van der Waals surface area contributed by atoms with Crippen molar-refractivity contribution in [2.45, 2.75) is 51.4 Å². The molecule has 0 bridgehead atoms. The van der Waals surface area contributed by atoms with Crippen LogP contribution in [0, 0.1) is 0 Å². The summed E-state index contributed by atoms with van der Waals surface area (Å²) in [4.78, 5) is 41.2. The second-order valence-electron chi connectivity index (χ2n) is 9.68. The Hall–Kier alpha value is -3.58. The smallest absolute Gasteiger partial charge is 0.262 e. The maximum Gasteiger partial charge on any atom is 0.262 e. The molecule has 198 valence electrons. The summed E-state index contributed by atoms with van der Waals surface area (Å²) < 4.78 is 11.0. The predicted octanol–water partition coefficient (Wildman–Crippen LogP) is 5.80. The molecule has 1 N–H and O–H groups in total. The Bertz CT molecular complexity index is 1320. The first-order valence-electron chi connectivity index (χ1n) is 13.1. The van der Waals surface area contributed by atoms with E-state index >= 15 is 0 Å². The zero-order chi connectivity index (χ0) is 26.8. The number of rotatable bonds is 7. The van der Waals surface area contributed by atoms with Crippen molar-refractivity contribution in [3.8, 4) is 11.5 Å². The average molecular weight is 535 g/mol. The maximum atomic E-state index is 13.3. The minimum atomic E-state index is -0.427. The number of benzene rings is 2. The van der Waals surface area contributed by atoms with Crippen LogP contribution >= 0.6 is 11.6 Å². The lowest BCUT2D eigenvalue weighted by Gasteiger charge is -2.43. The molecular formula is C30H31ClN2O5. The monoisotopic (exact) mass is 534 g/mol. The van der Waals surface area contributed by atoms with E-state index in [1.165, 1.54) is 7.11 Å². The third kappa shape index (κ3) is 4.83. The molecule has 0 radical (unpaired) electrons. The van der Waals surface area contributed by atoms with Gasteiger partial charge in [0.05, 0.1) is 17.8 Å². The summed E-state index contributed by atoms with van der Waals surface area (Å²) >= 11 is 6.63. The van der Waals surface area contributed by atoms with Gasteiger partial charge in [-0.25, -0.2) is 0 Å². The highest BCUT2D eigenvalue weighted by Crippen LogP contribution is 2.49. The molecule has 0 aromatic heterocycles. The normalized spacial score (nSPS) is 17.8. The average Bonchev–Trinajstić information content (AvgIpc) is 2.92. The number of carbonyl (C=O) groups is 3. The second-order valence-corrected chi connectivity index (χ2v) is 10.1. The molecular weight excluding hydrogens is 504 g/mol. The molecule has 0 fully saturated rings. The quantitative estimate of drug-likeness (QED) is 0.483. The Morgan fingerprint density at radius 3 is 2.24 bits per heavy atom. The highest BCUT2D eigenvalue weighted by atomic mass is 35.5. The number of para-hydroxylation sites is 2. The number of nitrogens with zero attached hydrogens (tertiary/aromatic N) is 1. The van der Waals surface area contributed by atoms with Crippen LogP contribution in [-0.2, 0) is 14.4 Å². The lowest BCUT2D eigenvalue weighted by molar-refractivity contribution is -0.118. The molecule has 2 aromatic rings. The van der Waals surface area contributed by atoms with Crippen molar-refractivity contribution in [1.82, 2.24) is 4.90 Å².